The van der Waals surface area contributed by atoms with Crippen molar-refractivity contribution >= 4 is 29.7 Å². The van der Waals surface area contributed by atoms with Gasteiger partial charge in [-0.25, -0.2) is 4.57 Å². The van der Waals surface area contributed by atoms with Gasteiger partial charge in [-0.05, 0) is 19.3 Å². The zero-order valence-corrected chi connectivity index (χ0v) is 32.6. The van der Waals surface area contributed by atoms with Gasteiger partial charge < -0.3 is 10.4 Å². The van der Waals surface area contributed by atoms with Crippen LogP contribution in [0.5, 0.6) is 0 Å². The maximum absolute atomic E-state index is 12.8. The standard InChI is InChI=1S/C37H73BrNO6P/c1-4-6-8-10-12-14-16-18-20-22-24-26-28-30-36(40)35(34-45-46(42,43-3)44-33-32-38)39-37(41)31-29-27-25-23-21-19-17-15-13-11-9-7-5-2/h28,30,35-36,40H,4-27,29,31-34H2,1-3H3,(H,39,41)/b30-28+/t35-,36+,46?/m0/s1. The first-order valence-electron chi connectivity index (χ1n) is 19.1. The molecule has 0 spiro atoms. The summed E-state index contributed by atoms with van der Waals surface area (Å²) in [5.74, 6) is -0.136. The highest BCUT2D eigenvalue weighted by atomic mass is 79.9. The molecule has 0 saturated carbocycles. The Hall–Kier alpha value is -0.240. The van der Waals surface area contributed by atoms with Gasteiger partial charge >= 0.3 is 7.82 Å². The minimum Gasteiger partial charge on any atom is -0.387 e. The molecule has 274 valence electrons. The Morgan fingerprint density at radius 1 is 0.717 bits per heavy atom. The first-order chi connectivity index (χ1) is 22.4. The number of unbranched alkanes of at least 4 members (excludes halogenated alkanes) is 23. The molecule has 0 fully saturated rings. The number of allylic oxidation sites excluding steroid dienone is 1. The van der Waals surface area contributed by atoms with Gasteiger partial charge in [-0.2, -0.15) is 0 Å². The number of amides is 1. The van der Waals surface area contributed by atoms with E-state index >= 15 is 0 Å². The highest BCUT2D eigenvalue weighted by molar-refractivity contribution is 9.09. The highest BCUT2D eigenvalue weighted by Crippen LogP contribution is 2.48. The summed E-state index contributed by atoms with van der Waals surface area (Å²) in [6, 6.07) is -0.751. The monoisotopic (exact) mass is 737 g/mol. The lowest BCUT2D eigenvalue weighted by atomic mass is 10.0. The highest BCUT2D eigenvalue weighted by Gasteiger charge is 2.29. The van der Waals surface area contributed by atoms with Crippen LogP contribution in [0.25, 0.3) is 0 Å². The molecule has 0 saturated heterocycles. The molecule has 0 aliphatic rings. The number of nitrogens with one attached hydrogen (secondary N) is 1. The van der Waals surface area contributed by atoms with Crippen LogP contribution in [0.1, 0.15) is 181 Å². The number of hydrogen-bond acceptors (Lipinski definition) is 6. The molecule has 0 aliphatic heterocycles. The molecule has 7 nitrogen and oxygen atoms in total. The Morgan fingerprint density at radius 2 is 1.15 bits per heavy atom. The Kier molecular flexibility index (Phi) is 34.4. The number of carbonyl (C=O) groups excluding carboxylic acids is 1. The van der Waals surface area contributed by atoms with Crippen molar-refractivity contribution in [3.8, 4) is 0 Å². The van der Waals surface area contributed by atoms with Crippen molar-refractivity contribution in [3.63, 3.8) is 0 Å². The van der Waals surface area contributed by atoms with Gasteiger partial charge in [-0.1, -0.05) is 183 Å². The number of hydrogen-bond donors (Lipinski definition) is 2. The van der Waals surface area contributed by atoms with Crippen molar-refractivity contribution in [2.45, 2.75) is 193 Å². The number of halogens is 1. The predicted octanol–water partition coefficient (Wildman–Crippen LogP) is 11.8. The van der Waals surface area contributed by atoms with Gasteiger partial charge in [0.05, 0.1) is 25.4 Å². The van der Waals surface area contributed by atoms with Gasteiger partial charge in [0.1, 0.15) is 0 Å². The van der Waals surface area contributed by atoms with Crippen LogP contribution in [0, 0.1) is 0 Å². The topological polar surface area (TPSA) is 94.1 Å². The third-order valence-corrected chi connectivity index (χ3v) is 10.3. The SMILES string of the molecule is CCCCCCCCCCCCC/C=C/[C@@H](O)[C@H](COP(=O)(OC)OCCBr)NC(=O)CCCCCCCCCCCCCCC. The minimum atomic E-state index is -3.78. The summed E-state index contributed by atoms with van der Waals surface area (Å²) in [6.07, 6.45) is 34.5. The van der Waals surface area contributed by atoms with Crippen LogP contribution in [0.15, 0.2) is 12.2 Å². The number of alkyl halides is 1. The number of phosphoric acid groups is 1. The number of aliphatic hydroxyl groups is 1. The Bertz CT molecular complexity index is 741. The van der Waals surface area contributed by atoms with E-state index in [4.69, 9.17) is 13.6 Å². The van der Waals surface area contributed by atoms with Crippen LogP contribution >= 0.6 is 23.8 Å². The van der Waals surface area contributed by atoms with Gasteiger partial charge in [0.15, 0.2) is 0 Å². The van der Waals surface area contributed by atoms with Crippen LogP contribution < -0.4 is 5.32 Å². The van der Waals surface area contributed by atoms with Crippen molar-refractivity contribution in [3.05, 3.63) is 12.2 Å². The maximum Gasteiger partial charge on any atom is 0.474 e. The van der Waals surface area contributed by atoms with E-state index in [0.717, 1.165) is 32.1 Å². The summed E-state index contributed by atoms with van der Waals surface area (Å²) in [6.45, 7) is 4.49. The number of rotatable bonds is 36. The van der Waals surface area contributed by atoms with E-state index in [-0.39, 0.29) is 19.1 Å². The lowest BCUT2D eigenvalue weighted by Gasteiger charge is -2.24. The lowest BCUT2D eigenvalue weighted by Crippen LogP contribution is -2.45. The van der Waals surface area contributed by atoms with Crippen molar-refractivity contribution in [1.29, 1.82) is 0 Å². The van der Waals surface area contributed by atoms with Crippen molar-refractivity contribution in [2.75, 3.05) is 25.7 Å². The average Bonchev–Trinajstić information content (AvgIpc) is 3.06. The van der Waals surface area contributed by atoms with E-state index in [9.17, 15) is 14.5 Å². The summed E-state index contributed by atoms with van der Waals surface area (Å²) in [5.41, 5.74) is 0. The third kappa shape index (κ3) is 29.9. The fourth-order valence-corrected chi connectivity index (χ4v) is 6.92. The van der Waals surface area contributed by atoms with Crippen LogP contribution in [0.2, 0.25) is 0 Å². The maximum atomic E-state index is 12.8. The van der Waals surface area contributed by atoms with Gasteiger partial charge in [-0.3, -0.25) is 18.4 Å². The molecule has 3 atom stereocenters. The van der Waals surface area contributed by atoms with Gasteiger partial charge in [0.25, 0.3) is 0 Å². The van der Waals surface area contributed by atoms with Gasteiger partial charge in [0, 0.05) is 18.9 Å². The molecule has 1 unspecified atom stereocenters. The number of aliphatic hydroxyl groups excluding tert-OH is 1. The van der Waals surface area contributed by atoms with Crippen LogP contribution in [-0.2, 0) is 22.9 Å². The van der Waals surface area contributed by atoms with Crippen molar-refractivity contribution < 1.29 is 28.0 Å². The summed E-state index contributed by atoms with van der Waals surface area (Å²) in [4.78, 5) is 12.8. The molecule has 1 amide bonds. The third-order valence-electron chi connectivity index (χ3n) is 8.54. The Morgan fingerprint density at radius 3 is 1.59 bits per heavy atom. The predicted molar refractivity (Wildman–Crippen MR) is 199 cm³/mol. The first-order valence-corrected chi connectivity index (χ1v) is 21.7. The molecule has 0 aliphatic carbocycles. The molecule has 0 aromatic heterocycles. The molecule has 0 aromatic carbocycles. The van der Waals surface area contributed by atoms with E-state index in [2.05, 4.69) is 35.1 Å². The molecular formula is C37H73BrNO6P. The fraction of sp³-hybridized carbons (Fsp3) is 0.919. The van der Waals surface area contributed by atoms with Gasteiger partial charge in [-0.15, -0.1) is 0 Å². The van der Waals surface area contributed by atoms with E-state index in [1.54, 1.807) is 6.08 Å². The fourth-order valence-electron chi connectivity index (χ4n) is 5.56. The molecule has 0 radical (unpaired) electrons. The second kappa shape index (κ2) is 34.6. The minimum absolute atomic E-state index is 0.136. The molecule has 46 heavy (non-hydrogen) atoms. The van der Waals surface area contributed by atoms with Crippen molar-refractivity contribution in [1.82, 2.24) is 5.32 Å². The summed E-state index contributed by atoms with van der Waals surface area (Å²) in [7, 11) is -2.52. The quantitative estimate of drug-likeness (QED) is 0.0288. The summed E-state index contributed by atoms with van der Waals surface area (Å²) >= 11 is 3.24. The molecular weight excluding hydrogens is 665 g/mol. The number of phosphoric ester groups is 1. The molecule has 2 N–H and O–H groups in total. The largest absolute Gasteiger partial charge is 0.474 e. The molecule has 0 aromatic rings. The van der Waals surface area contributed by atoms with Crippen LogP contribution in [0.3, 0.4) is 0 Å². The molecule has 9 heteroatoms. The Balaban J connectivity index is 4.42. The van der Waals surface area contributed by atoms with E-state index < -0.39 is 20.0 Å². The smallest absolute Gasteiger partial charge is 0.387 e. The van der Waals surface area contributed by atoms with Crippen LogP contribution in [-0.4, -0.2) is 48.8 Å². The normalized spacial score (nSPS) is 14.5. The molecule has 0 bridgehead atoms. The summed E-state index contributed by atoms with van der Waals surface area (Å²) < 4.78 is 28.5. The molecule has 0 heterocycles. The molecule has 0 rings (SSSR count). The van der Waals surface area contributed by atoms with E-state index in [1.807, 2.05) is 6.08 Å². The van der Waals surface area contributed by atoms with Crippen LogP contribution in [0.4, 0.5) is 0 Å². The average molecular weight is 739 g/mol. The second-order valence-electron chi connectivity index (χ2n) is 12.9. The zero-order chi connectivity index (χ0) is 34.0. The van der Waals surface area contributed by atoms with Gasteiger partial charge in [0.2, 0.25) is 5.91 Å². The Labute approximate surface area is 292 Å². The lowest BCUT2D eigenvalue weighted by molar-refractivity contribution is -0.123. The van der Waals surface area contributed by atoms with E-state index in [1.165, 1.54) is 136 Å². The van der Waals surface area contributed by atoms with Crippen molar-refractivity contribution in [2.24, 2.45) is 0 Å². The summed E-state index contributed by atoms with van der Waals surface area (Å²) in [5, 5.41) is 14.3. The zero-order valence-electron chi connectivity index (χ0n) is 30.1. The van der Waals surface area contributed by atoms with E-state index in [0.29, 0.717) is 11.8 Å². The second-order valence-corrected chi connectivity index (χ2v) is 15.4. The first kappa shape index (κ1) is 45.8. The number of carbonyl (C=O) groups is 1.